The molecule has 22 heavy (non-hydrogen) atoms. The average Bonchev–Trinajstić information content (AvgIpc) is 2.99. The van der Waals surface area contributed by atoms with E-state index < -0.39 is 11.4 Å². The lowest BCUT2D eigenvalue weighted by Gasteiger charge is -2.20. The van der Waals surface area contributed by atoms with E-state index in [1.54, 1.807) is 38.1 Å². The van der Waals surface area contributed by atoms with Crippen LogP contribution in [0.2, 0.25) is 0 Å². The van der Waals surface area contributed by atoms with Gasteiger partial charge in [-0.25, -0.2) is 0 Å². The highest BCUT2D eigenvalue weighted by Crippen LogP contribution is 2.25. The van der Waals surface area contributed by atoms with Crippen LogP contribution in [0.5, 0.6) is 0 Å². The number of hydrogen-bond acceptors (Lipinski definition) is 3. The summed E-state index contributed by atoms with van der Waals surface area (Å²) >= 11 is 0. The van der Waals surface area contributed by atoms with Crippen LogP contribution in [0, 0.1) is 0 Å². The number of rotatable bonds is 6. The van der Waals surface area contributed by atoms with Crippen molar-refractivity contribution < 1.29 is 19.4 Å². The summed E-state index contributed by atoms with van der Waals surface area (Å²) in [5.41, 5.74) is 0.446. The van der Waals surface area contributed by atoms with Crippen LogP contribution in [0.3, 0.4) is 0 Å². The molecule has 1 aliphatic rings. The molecule has 120 valence electrons. The van der Waals surface area contributed by atoms with Crippen molar-refractivity contribution >= 4 is 17.6 Å². The van der Waals surface area contributed by atoms with Crippen molar-refractivity contribution in [3.8, 4) is 0 Å². The summed E-state index contributed by atoms with van der Waals surface area (Å²) in [4.78, 5) is 23.1. The van der Waals surface area contributed by atoms with Gasteiger partial charge in [-0.05, 0) is 50.8 Å². The molecule has 0 saturated carbocycles. The van der Waals surface area contributed by atoms with Crippen molar-refractivity contribution in [2.24, 2.45) is 0 Å². The number of anilines is 1. The Morgan fingerprint density at radius 1 is 1.32 bits per heavy atom. The molecule has 0 radical (unpaired) electrons. The molecule has 0 bridgehead atoms. The molecule has 1 aromatic carbocycles. The number of carboxylic acids is 1. The predicted molar refractivity (Wildman–Crippen MR) is 83.9 cm³/mol. The van der Waals surface area contributed by atoms with Gasteiger partial charge in [0.25, 0.3) is 0 Å². The Morgan fingerprint density at radius 2 is 2.00 bits per heavy atom. The molecule has 0 spiro atoms. The molecule has 1 fully saturated rings. The fraction of sp³-hybridized carbons (Fsp3) is 0.529. The number of hydrogen-bond donors (Lipinski definition) is 2. The van der Waals surface area contributed by atoms with Crippen molar-refractivity contribution in [3.63, 3.8) is 0 Å². The second kappa shape index (κ2) is 6.92. The van der Waals surface area contributed by atoms with Crippen LogP contribution in [0.1, 0.15) is 45.1 Å². The summed E-state index contributed by atoms with van der Waals surface area (Å²) in [7, 11) is 0. The van der Waals surface area contributed by atoms with E-state index in [9.17, 15) is 14.7 Å². The van der Waals surface area contributed by atoms with Gasteiger partial charge in [0.2, 0.25) is 5.91 Å². The first-order chi connectivity index (χ1) is 10.4. The number of aliphatic carboxylic acids is 1. The summed E-state index contributed by atoms with van der Waals surface area (Å²) in [6.45, 7) is 4.11. The number of carboxylic acid groups (broad SMARTS) is 1. The maximum Gasteiger partial charge on any atom is 0.313 e. The van der Waals surface area contributed by atoms with Crippen LogP contribution >= 0.6 is 0 Å². The standard InChI is InChI=1S/C17H23NO4/c1-17(2,16(20)21)12-5-7-13(8-6-12)18-15(19)10-9-14-4-3-11-22-14/h5-8,14H,3-4,9-11H2,1-2H3,(H,18,19)(H,20,21). The number of ether oxygens (including phenoxy) is 1. The lowest BCUT2D eigenvalue weighted by atomic mass is 9.85. The van der Waals surface area contributed by atoms with E-state index in [2.05, 4.69) is 5.32 Å². The van der Waals surface area contributed by atoms with Crippen molar-refractivity contribution in [1.29, 1.82) is 0 Å². The molecular formula is C17H23NO4. The third kappa shape index (κ3) is 4.07. The van der Waals surface area contributed by atoms with E-state index in [1.807, 2.05) is 0 Å². The Morgan fingerprint density at radius 3 is 2.55 bits per heavy atom. The van der Waals surface area contributed by atoms with Gasteiger partial charge in [0, 0.05) is 18.7 Å². The molecule has 1 heterocycles. The van der Waals surface area contributed by atoms with Gasteiger partial charge in [-0.15, -0.1) is 0 Å². The first-order valence-corrected chi connectivity index (χ1v) is 7.65. The zero-order chi connectivity index (χ0) is 16.2. The number of benzene rings is 1. The van der Waals surface area contributed by atoms with Crippen molar-refractivity contribution in [3.05, 3.63) is 29.8 Å². The zero-order valence-electron chi connectivity index (χ0n) is 13.1. The van der Waals surface area contributed by atoms with Crippen LogP contribution in [-0.4, -0.2) is 29.7 Å². The van der Waals surface area contributed by atoms with E-state index in [0.717, 1.165) is 25.9 Å². The van der Waals surface area contributed by atoms with Gasteiger partial charge in [0.1, 0.15) is 0 Å². The Labute approximate surface area is 130 Å². The molecule has 2 rings (SSSR count). The lowest BCUT2D eigenvalue weighted by Crippen LogP contribution is -2.28. The number of amides is 1. The molecule has 5 heteroatoms. The van der Waals surface area contributed by atoms with E-state index in [0.29, 0.717) is 17.7 Å². The number of carbonyl (C=O) groups excluding carboxylic acids is 1. The van der Waals surface area contributed by atoms with Crippen LogP contribution < -0.4 is 5.32 Å². The minimum absolute atomic E-state index is 0.0410. The lowest BCUT2D eigenvalue weighted by molar-refractivity contribution is -0.142. The molecule has 1 atom stereocenters. The maximum absolute atomic E-state index is 11.9. The van der Waals surface area contributed by atoms with Crippen LogP contribution in [-0.2, 0) is 19.7 Å². The second-order valence-electron chi connectivity index (χ2n) is 6.23. The molecule has 1 aliphatic heterocycles. The highest BCUT2D eigenvalue weighted by molar-refractivity contribution is 5.90. The average molecular weight is 305 g/mol. The Bertz CT molecular complexity index is 530. The molecule has 1 saturated heterocycles. The molecule has 1 unspecified atom stereocenters. The topological polar surface area (TPSA) is 75.6 Å². The van der Waals surface area contributed by atoms with Gasteiger partial charge in [-0.3, -0.25) is 9.59 Å². The summed E-state index contributed by atoms with van der Waals surface area (Å²) < 4.78 is 5.49. The fourth-order valence-corrected chi connectivity index (χ4v) is 2.48. The van der Waals surface area contributed by atoms with Gasteiger partial charge >= 0.3 is 5.97 Å². The molecule has 0 aromatic heterocycles. The smallest absolute Gasteiger partial charge is 0.313 e. The third-order valence-electron chi connectivity index (χ3n) is 4.14. The van der Waals surface area contributed by atoms with Crippen molar-refractivity contribution in [2.75, 3.05) is 11.9 Å². The number of nitrogens with one attached hydrogen (secondary N) is 1. The zero-order valence-corrected chi connectivity index (χ0v) is 13.1. The highest BCUT2D eigenvalue weighted by atomic mass is 16.5. The van der Waals surface area contributed by atoms with Gasteiger partial charge in [0.05, 0.1) is 11.5 Å². The predicted octanol–water partition coefficient (Wildman–Crippen LogP) is 2.95. The molecule has 0 aliphatic carbocycles. The summed E-state index contributed by atoms with van der Waals surface area (Å²) in [6, 6.07) is 6.96. The van der Waals surface area contributed by atoms with Crippen molar-refractivity contribution in [2.45, 2.75) is 51.0 Å². The largest absolute Gasteiger partial charge is 0.481 e. The van der Waals surface area contributed by atoms with E-state index in [-0.39, 0.29) is 12.0 Å². The quantitative estimate of drug-likeness (QED) is 0.847. The summed E-state index contributed by atoms with van der Waals surface area (Å²) in [5, 5.41) is 12.0. The first-order valence-electron chi connectivity index (χ1n) is 7.65. The van der Waals surface area contributed by atoms with Gasteiger partial charge in [0.15, 0.2) is 0 Å². The third-order valence-corrected chi connectivity index (χ3v) is 4.14. The van der Waals surface area contributed by atoms with Gasteiger partial charge in [-0.2, -0.15) is 0 Å². The molecular weight excluding hydrogens is 282 g/mol. The van der Waals surface area contributed by atoms with E-state index >= 15 is 0 Å². The first kappa shape index (κ1) is 16.5. The maximum atomic E-state index is 11.9. The van der Waals surface area contributed by atoms with Crippen LogP contribution in [0.25, 0.3) is 0 Å². The summed E-state index contributed by atoms with van der Waals surface area (Å²) in [5.74, 6) is -0.915. The van der Waals surface area contributed by atoms with E-state index in [4.69, 9.17) is 4.74 Å². The number of carbonyl (C=O) groups is 2. The Balaban J connectivity index is 1.87. The van der Waals surface area contributed by atoms with Gasteiger partial charge in [-0.1, -0.05) is 12.1 Å². The van der Waals surface area contributed by atoms with Gasteiger partial charge < -0.3 is 15.2 Å². The normalized spacial score (nSPS) is 18.2. The Hall–Kier alpha value is -1.88. The summed E-state index contributed by atoms with van der Waals surface area (Å²) in [6.07, 6.45) is 3.51. The van der Waals surface area contributed by atoms with E-state index in [1.165, 1.54) is 0 Å². The fourth-order valence-electron chi connectivity index (χ4n) is 2.48. The molecule has 1 amide bonds. The second-order valence-corrected chi connectivity index (χ2v) is 6.23. The van der Waals surface area contributed by atoms with Crippen LogP contribution in [0.15, 0.2) is 24.3 Å². The highest BCUT2D eigenvalue weighted by Gasteiger charge is 2.29. The SMILES string of the molecule is CC(C)(C(=O)O)c1ccc(NC(=O)CCC2CCCO2)cc1. The molecule has 5 nitrogen and oxygen atoms in total. The van der Waals surface area contributed by atoms with Crippen LogP contribution in [0.4, 0.5) is 5.69 Å². The molecule has 2 N–H and O–H groups in total. The minimum atomic E-state index is -0.942. The monoisotopic (exact) mass is 305 g/mol. The molecule has 1 aromatic rings. The minimum Gasteiger partial charge on any atom is -0.481 e. The Kier molecular flexibility index (Phi) is 5.19. The van der Waals surface area contributed by atoms with Crippen molar-refractivity contribution in [1.82, 2.24) is 0 Å².